The zero-order valence-electron chi connectivity index (χ0n) is 14.2. The molecular weight excluding hydrogens is 452 g/mol. The molecular formula is C18H18Br2N2O3. The van der Waals surface area contributed by atoms with Crippen LogP contribution in [0.1, 0.15) is 31.5 Å². The van der Waals surface area contributed by atoms with Gasteiger partial charge in [-0.2, -0.15) is 5.26 Å². The highest BCUT2D eigenvalue weighted by atomic mass is 79.9. The Bertz CT molecular complexity index is 885. The molecule has 0 bridgehead atoms. The third-order valence-corrected chi connectivity index (χ3v) is 5.56. The minimum absolute atomic E-state index is 0.0582. The molecule has 0 saturated heterocycles. The van der Waals surface area contributed by atoms with E-state index in [1.807, 2.05) is 19.9 Å². The summed E-state index contributed by atoms with van der Waals surface area (Å²) in [6, 6.07) is 5.55. The average Bonchev–Trinajstić information content (AvgIpc) is 2.57. The van der Waals surface area contributed by atoms with E-state index in [-0.39, 0.29) is 5.56 Å². The highest BCUT2D eigenvalue weighted by Gasteiger charge is 2.21. The van der Waals surface area contributed by atoms with E-state index in [1.165, 1.54) is 0 Å². The molecule has 0 radical (unpaired) electrons. The summed E-state index contributed by atoms with van der Waals surface area (Å²) in [5.41, 5.74) is 1.54. The van der Waals surface area contributed by atoms with Gasteiger partial charge in [0.05, 0.1) is 17.7 Å². The topological polar surface area (TPSA) is 75.1 Å². The number of nitrogens with one attached hydrogen (secondary N) is 1. The molecule has 0 aliphatic heterocycles. The van der Waals surface area contributed by atoms with Crippen LogP contribution >= 0.6 is 31.9 Å². The molecule has 0 saturated carbocycles. The number of ether oxygens (including phenoxy) is 2. The lowest BCUT2D eigenvalue weighted by Gasteiger charge is -2.18. The first-order valence-electron chi connectivity index (χ1n) is 7.86. The molecule has 5 nitrogen and oxygen atoms in total. The van der Waals surface area contributed by atoms with E-state index in [4.69, 9.17) is 9.47 Å². The standard InChI is InChI=1S/C18H18Br2N2O3/c1-4-6-25-17-14(24-5-2)8-12(15(19)16(17)20)11-7-10(3)22-18(23)13(11)9-21/h7-8H,4-6H2,1-3H3,(H,22,23). The number of aryl methyl sites for hydroxylation is 1. The van der Waals surface area contributed by atoms with Crippen LogP contribution in [0.3, 0.4) is 0 Å². The fourth-order valence-corrected chi connectivity index (χ4v) is 3.43. The van der Waals surface area contributed by atoms with Crippen LogP contribution in [-0.2, 0) is 0 Å². The van der Waals surface area contributed by atoms with Crippen molar-refractivity contribution in [3.63, 3.8) is 0 Å². The zero-order chi connectivity index (χ0) is 18.6. The fourth-order valence-electron chi connectivity index (χ4n) is 2.40. The smallest absolute Gasteiger partial charge is 0.266 e. The number of hydrogen-bond donors (Lipinski definition) is 1. The predicted octanol–water partition coefficient (Wildman–Crippen LogP) is 4.93. The zero-order valence-corrected chi connectivity index (χ0v) is 17.4. The molecule has 2 rings (SSSR count). The van der Waals surface area contributed by atoms with Crippen LogP contribution in [-0.4, -0.2) is 18.2 Å². The SMILES string of the molecule is CCCOc1c(OCC)cc(-c2cc(C)[nH]c(=O)c2C#N)c(Br)c1Br. The quantitative estimate of drug-likeness (QED) is 0.650. The molecule has 132 valence electrons. The molecule has 0 aliphatic rings. The Labute approximate surface area is 163 Å². The van der Waals surface area contributed by atoms with Crippen LogP contribution in [0.15, 0.2) is 25.9 Å². The van der Waals surface area contributed by atoms with Crippen molar-refractivity contribution in [1.29, 1.82) is 5.26 Å². The van der Waals surface area contributed by atoms with Gasteiger partial charge in [0.25, 0.3) is 5.56 Å². The van der Waals surface area contributed by atoms with E-state index >= 15 is 0 Å². The molecule has 1 N–H and O–H groups in total. The summed E-state index contributed by atoms with van der Waals surface area (Å²) in [6.45, 7) is 6.71. The summed E-state index contributed by atoms with van der Waals surface area (Å²) in [5.74, 6) is 1.15. The molecule has 1 aromatic carbocycles. The fraction of sp³-hybridized carbons (Fsp3) is 0.333. The molecule has 1 heterocycles. The van der Waals surface area contributed by atoms with E-state index in [1.54, 1.807) is 19.1 Å². The van der Waals surface area contributed by atoms with Crippen molar-refractivity contribution in [2.24, 2.45) is 0 Å². The van der Waals surface area contributed by atoms with E-state index in [2.05, 4.69) is 36.8 Å². The highest BCUT2D eigenvalue weighted by Crippen LogP contribution is 2.46. The normalized spacial score (nSPS) is 10.4. The van der Waals surface area contributed by atoms with Gasteiger partial charge in [0.15, 0.2) is 11.5 Å². The first-order valence-corrected chi connectivity index (χ1v) is 9.45. The van der Waals surface area contributed by atoms with Gasteiger partial charge in [-0.05, 0) is 64.3 Å². The highest BCUT2D eigenvalue weighted by molar-refractivity contribution is 9.13. The van der Waals surface area contributed by atoms with Crippen molar-refractivity contribution < 1.29 is 9.47 Å². The number of nitriles is 1. The predicted molar refractivity (Wildman–Crippen MR) is 104 cm³/mol. The summed E-state index contributed by atoms with van der Waals surface area (Å²) in [4.78, 5) is 14.8. The molecule has 25 heavy (non-hydrogen) atoms. The van der Waals surface area contributed by atoms with Gasteiger partial charge < -0.3 is 14.5 Å². The first kappa shape index (κ1) is 19.5. The number of H-pyrrole nitrogens is 1. The van der Waals surface area contributed by atoms with Gasteiger partial charge in [0, 0.05) is 21.3 Å². The summed E-state index contributed by atoms with van der Waals surface area (Å²) >= 11 is 7.10. The number of benzene rings is 1. The van der Waals surface area contributed by atoms with E-state index in [0.717, 1.165) is 6.42 Å². The van der Waals surface area contributed by atoms with Crippen LogP contribution in [0.4, 0.5) is 0 Å². The van der Waals surface area contributed by atoms with Gasteiger partial charge in [-0.1, -0.05) is 6.92 Å². The number of hydrogen-bond acceptors (Lipinski definition) is 4. The lowest BCUT2D eigenvalue weighted by atomic mass is 10.0. The molecule has 0 amide bonds. The molecule has 1 aromatic heterocycles. The Morgan fingerprint density at radius 2 is 1.88 bits per heavy atom. The largest absolute Gasteiger partial charge is 0.490 e. The van der Waals surface area contributed by atoms with Crippen molar-refractivity contribution in [2.75, 3.05) is 13.2 Å². The first-order chi connectivity index (χ1) is 11.9. The van der Waals surface area contributed by atoms with Gasteiger partial charge >= 0.3 is 0 Å². The maximum absolute atomic E-state index is 12.1. The Morgan fingerprint density at radius 1 is 1.16 bits per heavy atom. The maximum Gasteiger partial charge on any atom is 0.266 e. The molecule has 0 atom stereocenters. The average molecular weight is 470 g/mol. The van der Waals surface area contributed by atoms with Crippen LogP contribution in [0.25, 0.3) is 11.1 Å². The maximum atomic E-state index is 12.1. The van der Waals surface area contributed by atoms with Gasteiger partial charge in [-0.25, -0.2) is 0 Å². The molecule has 0 fully saturated rings. The Kier molecular flexibility index (Phi) is 6.68. The van der Waals surface area contributed by atoms with Crippen LogP contribution in [0.2, 0.25) is 0 Å². The Balaban J connectivity index is 2.76. The summed E-state index contributed by atoms with van der Waals surface area (Å²) in [6.07, 6.45) is 0.864. The second-order valence-corrected chi connectivity index (χ2v) is 6.93. The van der Waals surface area contributed by atoms with Crippen LogP contribution < -0.4 is 15.0 Å². The van der Waals surface area contributed by atoms with E-state index in [9.17, 15) is 10.1 Å². The number of aromatic amines is 1. The lowest BCUT2D eigenvalue weighted by Crippen LogP contribution is -2.13. The van der Waals surface area contributed by atoms with Crippen molar-refractivity contribution in [3.05, 3.63) is 42.7 Å². The van der Waals surface area contributed by atoms with Gasteiger partial charge in [0.2, 0.25) is 0 Å². The molecule has 0 aliphatic carbocycles. The molecule has 7 heteroatoms. The van der Waals surface area contributed by atoms with Crippen molar-refractivity contribution in [1.82, 2.24) is 4.98 Å². The number of rotatable bonds is 6. The molecule has 0 spiro atoms. The van der Waals surface area contributed by atoms with Gasteiger partial charge in [-0.15, -0.1) is 0 Å². The summed E-state index contributed by atoms with van der Waals surface area (Å²) in [5, 5.41) is 9.40. The van der Waals surface area contributed by atoms with E-state index < -0.39 is 5.56 Å². The summed E-state index contributed by atoms with van der Waals surface area (Å²) < 4.78 is 12.9. The van der Waals surface area contributed by atoms with Crippen LogP contribution in [0.5, 0.6) is 11.5 Å². The van der Waals surface area contributed by atoms with Crippen molar-refractivity contribution in [2.45, 2.75) is 27.2 Å². The van der Waals surface area contributed by atoms with Crippen molar-refractivity contribution in [3.8, 4) is 28.7 Å². The lowest BCUT2D eigenvalue weighted by molar-refractivity contribution is 0.275. The van der Waals surface area contributed by atoms with Crippen LogP contribution in [0, 0.1) is 18.3 Å². The minimum atomic E-state index is -0.412. The molecule has 2 aromatic rings. The minimum Gasteiger partial charge on any atom is -0.490 e. The Hall–Kier alpha value is -1.78. The number of aromatic nitrogens is 1. The Morgan fingerprint density at radius 3 is 2.48 bits per heavy atom. The number of pyridine rings is 1. The summed E-state index contributed by atoms with van der Waals surface area (Å²) in [7, 11) is 0. The number of halogens is 2. The van der Waals surface area contributed by atoms with E-state index in [0.29, 0.717) is 50.5 Å². The monoisotopic (exact) mass is 468 g/mol. The third kappa shape index (κ3) is 4.07. The molecule has 0 unspecified atom stereocenters. The second-order valence-electron chi connectivity index (χ2n) is 5.34. The third-order valence-electron chi connectivity index (χ3n) is 3.45. The number of nitrogens with zero attached hydrogens (tertiary/aromatic N) is 1. The van der Waals surface area contributed by atoms with Gasteiger partial charge in [0.1, 0.15) is 11.6 Å². The second kappa shape index (κ2) is 8.54. The van der Waals surface area contributed by atoms with Gasteiger partial charge in [-0.3, -0.25) is 4.79 Å². The van der Waals surface area contributed by atoms with Crippen molar-refractivity contribution >= 4 is 31.9 Å².